The Kier molecular flexibility index (Phi) is 5.01. The van der Waals surface area contributed by atoms with Gasteiger partial charge in [0.15, 0.2) is 0 Å². The molecule has 1 aromatic rings. The first-order valence-corrected chi connectivity index (χ1v) is 6.15. The van der Waals surface area contributed by atoms with E-state index in [9.17, 15) is 9.90 Å². The van der Waals surface area contributed by atoms with Gasteiger partial charge in [-0.25, -0.2) is 0 Å². The van der Waals surface area contributed by atoms with Gasteiger partial charge >= 0.3 is 0 Å². The topological polar surface area (TPSA) is 75.3 Å². The molecule has 88 valence electrons. The van der Waals surface area contributed by atoms with Crippen LogP contribution in [-0.4, -0.2) is 23.6 Å². The highest BCUT2D eigenvalue weighted by atomic mass is 127. The van der Waals surface area contributed by atoms with Crippen LogP contribution in [0.5, 0.6) is 5.75 Å². The summed E-state index contributed by atoms with van der Waals surface area (Å²) < 4.78 is 0.722. The maximum absolute atomic E-state index is 11.8. The van der Waals surface area contributed by atoms with Crippen molar-refractivity contribution in [1.29, 1.82) is 0 Å². The van der Waals surface area contributed by atoms with Crippen LogP contribution in [-0.2, 0) is 0 Å². The molecule has 5 heteroatoms. The molecular weight excluding hydrogens is 319 g/mol. The van der Waals surface area contributed by atoms with Crippen molar-refractivity contribution in [3.05, 3.63) is 27.3 Å². The molecule has 0 spiro atoms. The van der Waals surface area contributed by atoms with E-state index in [2.05, 4.69) is 5.32 Å². The van der Waals surface area contributed by atoms with Crippen molar-refractivity contribution in [2.45, 2.75) is 19.4 Å². The molecule has 0 saturated heterocycles. The molecule has 0 aliphatic carbocycles. The Bertz CT molecular complexity index is 378. The number of carbonyl (C=O) groups excluding carboxylic acids is 1. The first kappa shape index (κ1) is 13.2. The van der Waals surface area contributed by atoms with E-state index in [0.29, 0.717) is 12.1 Å². The molecule has 4 nitrogen and oxygen atoms in total. The maximum Gasteiger partial charge on any atom is 0.251 e. The van der Waals surface area contributed by atoms with Gasteiger partial charge in [-0.15, -0.1) is 0 Å². The minimum atomic E-state index is -0.205. The molecule has 0 fully saturated rings. The number of phenolic OH excluding ortho intramolecular Hbond substituents is 1. The molecule has 0 aliphatic rings. The van der Waals surface area contributed by atoms with E-state index in [1.807, 2.05) is 29.5 Å². The Labute approximate surface area is 108 Å². The molecule has 16 heavy (non-hydrogen) atoms. The van der Waals surface area contributed by atoms with Gasteiger partial charge in [-0.3, -0.25) is 4.79 Å². The highest BCUT2D eigenvalue weighted by Gasteiger charge is 2.11. The Morgan fingerprint density at radius 3 is 2.81 bits per heavy atom. The third-order valence-corrected chi connectivity index (χ3v) is 3.23. The molecule has 1 rings (SSSR count). The molecular formula is C11H15IN2O2. The number of rotatable bonds is 4. The summed E-state index contributed by atoms with van der Waals surface area (Å²) in [6.07, 6.45) is 0.790. The smallest absolute Gasteiger partial charge is 0.251 e. The van der Waals surface area contributed by atoms with Crippen LogP contribution >= 0.6 is 22.6 Å². The normalized spacial score (nSPS) is 12.2. The number of nitrogens with two attached hydrogens (primary N) is 1. The Balaban J connectivity index is 2.76. The second-order valence-corrected chi connectivity index (χ2v) is 4.64. The van der Waals surface area contributed by atoms with Gasteiger partial charge in [0.25, 0.3) is 5.91 Å². The zero-order valence-corrected chi connectivity index (χ0v) is 11.2. The molecule has 0 aromatic heterocycles. The lowest BCUT2D eigenvalue weighted by Gasteiger charge is -2.14. The van der Waals surface area contributed by atoms with Crippen molar-refractivity contribution in [3.63, 3.8) is 0 Å². The Morgan fingerprint density at radius 1 is 1.62 bits per heavy atom. The quantitative estimate of drug-likeness (QED) is 0.730. The van der Waals surface area contributed by atoms with Gasteiger partial charge < -0.3 is 16.2 Å². The number of carbonyl (C=O) groups is 1. The van der Waals surface area contributed by atoms with Crippen LogP contribution in [0.3, 0.4) is 0 Å². The third kappa shape index (κ3) is 3.34. The summed E-state index contributed by atoms with van der Waals surface area (Å²) in [6.45, 7) is 2.38. The molecule has 1 aromatic carbocycles. The molecule has 0 aliphatic heterocycles. The molecule has 0 heterocycles. The van der Waals surface area contributed by atoms with Gasteiger partial charge in [0.2, 0.25) is 0 Å². The second-order valence-electron chi connectivity index (χ2n) is 3.48. The van der Waals surface area contributed by atoms with Crippen LogP contribution in [0.15, 0.2) is 18.2 Å². The maximum atomic E-state index is 11.8. The number of phenols is 1. The molecule has 1 amide bonds. The summed E-state index contributed by atoms with van der Waals surface area (Å²) in [5.41, 5.74) is 5.95. The summed E-state index contributed by atoms with van der Waals surface area (Å²) in [7, 11) is 0. The summed E-state index contributed by atoms with van der Waals surface area (Å²) in [5.74, 6) is -0.0851. The molecule has 0 saturated carbocycles. The Morgan fingerprint density at radius 2 is 2.31 bits per heavy atom. The number of nitrogens with one attached hydrogen (secondary N) is 1. The van der Waals surface area contributed by atoms with Crippen molar-refractivity contribution in [3.8, 4) is 5.75 Å². The van der Waals surface area contributed by atoms with E-state index in [4.69, 9.17) is 5.73 Å². The summed E-state index contributed by atoms with van der Waals surface area (Å²) in [5, 5.41) is 12.3. The van der Waals surface area contributed by atoms with E-state index in [1.165, 1.54) is 6.07 Å². The fraction of sp³-hybridized carbons (Fsp3) is 0.364. The van der Waals surface area contributed by atoms with Crippen LogP contribution in [0.1, 0.15) is 23.7 Å². The Hall–Kier alpha value is -0.820. The van der Waals surface area contributed by atoms with Crippen molar-refractivity contribution < 1.29 is 9.90 Å². The van der Waals surface area contributed by atoms with Gasteiger partial charge in [0, 0.05) is 18.2 Å². The van der Waals surface area contributed by atoms with Crippen molar-refractivity contribution >= 4 is 28.5 Å². The first-order valence-electron chi connectivity index (χ1n) is 5.08. The molecule has 0 radical (unpaired) electrons. The van der Waals surface area contributed by atoms with Crippen molar-refractivity contribution in [2.75, 3.05) is 6.54 Å². The fourth-order valence-corrected chi connectivity index (χ4v) is 1.59. The lowest BCUT2D eigenvalue weighted by molar-refractivity contribution is 0.0936. The minimum Gasteiger partial charge on any atom is -0.507 e. The number of aromatic hydroxyl groups is 1. The lowest BCUT2D eigenvalue weighted by atomic mass is 10.1. The van der Waals surface area contributed by atoms with Crippen LogP contribution in [0.2, 0.25) is 0 Å². The standard InChI is InChI=1S/C11H15IN2O2/c1-2-8(6-13)14-11(16)7-3-4-9(12)10(15)5-7/h3-5,8,15H,2,6,13H2,1H3,(H,14,16). The first-order chi connectivity index (χ1) is 7.58. The number of halogens is 1. The molecule has 1 atom stereocenters. The second kappa shape index (κ2) is 6.05. The summed E-state index contributed by atoms with van der Waals surface area (Å²) in [4.78, 5) is 11.8. The number of benzene rings is 1. The highest BCUT2D eigenvalue weighted by molar-refractivity contribution is 14.1. The van der Waals surface area contributed by atoms with Gasteiger partial charge in [0.1, 0.15) is 5.75 Å². The zero-order valence-electron chi connectivity index (χ0n) is 9.03. The summed E-state index contributed by atoms with van der Waals surface area (Å²) >= 11 is 2.00. The molecule has 4 N–H and O–H groups in total. The number of hydrogen-bond donors (Lipinski definition) is 3. The minimum absolute atomic E-state index is 0.0195. The predicted octanol–water partition coefficient (Wildman–Crippen LogP) is 1.46. The van der Waals surface area contributed by atoms with E-state index >= 15 is 0 Å². The number of amides is 1. The average molecular weight is 334 g/mol. The van der Waals surface area contributed by atoms with Crippen LogP contribution < -0.4 is 11.1 Å². The van der Waals surface area contributed by atoms with Crippen molar-refractivity contribution in [1.82, 2.24) is 5.32 Å². The van der Waals surface area contributed by atoms with Crippen LogP contribution in [0.25, 0.3) is 0 Å². The molecule has 1 unspecified atom stereocenters. The highest BCUT2D eigenvalue weighted by Crippen LogP contribution is 2.20. The molecule has 0 bridgehead atoms. The lowest BCUT2D eigenvalue weighted by Crippen LogP contribution is -2.39. The third-order valence-electron chi connectivity index (χ3n) is 2.32. The van der Waals surface area contributed by atoms with Crippen molar-refractivity contribution in [2.24, 2.45) is 5.73 Å². The van der Waals surface area contributed by atoms with Crippen LogP contribution in [0, 0.1) is 3.57 Å². The van der Waals surface area contributed by atoms with E-state index < -0.39 is 0 Å². The van der Waals surface area contributed by atoms with Gasteiger partial charge in [0.05, 0.1) is 3.57 Å². The monoisotopic (exact) mass is 334 g/mol. The average Bonchev–Trinajstić information content (AvgIpc) is 2.29. The van der Waals surface area contributed by atoms with Gasteiger partial charge in [-0.2, -0.15) is 0 Å². The largest absolute Gasteiger partial charge is 0.507 e. The van der Waals surface area contributed by atoms with Gasteiger partial charge in [-0.1, -0.05) is 6.92 Å². The number of hydrogen-bond acceptors (Lipinski definition) is 3. The van der Waals surface area contributed by atoms with Gasteiger partial charge in [-0.05, 0) is 47.2 Å². The summed E-state index contributed by atoms with van der Waals surface area (Å²) in [6, 6.07) is 4.82. The van der Waals surface area contributed by atoms with E-state index in [-0.39, 0.29) is 17.7 Å². The van der Waals surface area contributed by atoms with E-state index in [1.54, 1.807) is 12.1 Å². The zero-order chi connectivity index (χ0) is 12.1. The van der Waals surface area contributed by atoms with E-state index in [0.717, 1.165) is 9.99 Å². The van der Waals surface area contributed by atoms with Crippen LogP contribution in [0.4, 0.5) is 0 Å². The predicted molar refractivity (Wildman–Crippen MR) is 71.4 cm³/mol. The fourth-order valence-electron chi connectivity index (χ4n) is 1.25. The SMILES string of the molecule is CCC(CN)NC(=O)c1ccc(I)c(O)c1.